The zero-order valence-corrected chi connectivity index (χ0v) is 17.9. The van der Waals surface area contributed by atoms with Gasteiger partial charge in [0.15, 0.2) is 0 Å². The van der Waals surface area contributed by atoms with Crippen LogP contribution in [0.2, 0.25) is 36.0 Å². The van der Waals surface area contributed by atoms with E-state index in [0.29, 0.717) is 17.4 Å². The molecule has 3 aromatic rings. The predicted molar refractivity (Wildman–Crippen MR) is 110 cm³/mol. The van der Waals surface area contributed by atoms with Gasteiger partial charge in [0.1, 0.15) is 12.6 Å². The molecule has 8 heteroatoms. The highest BCUT2D eigenvalue weighted by Gasteiger charge is 2.17. The average Bonchev–Trinajstić information content (AvgIpc) is 2.88. The number of nitrogens with zero attached hydrogens (tertiary/aromatic N) is 4. The minimum atomic E-state index is -1.10. The summed E-state index contributed by atoms with van der Waals surface area (Å²) in [6, 6.07) is 7.07. The highest BCUT2D eigenvalue weighted by Crippen LogP contribution is 2.32. The summed E-state index contributed by atoms with van der Waals surface area (Å²) in [4.78, 5) is 12.9. The van der Waals surface area contributed by atoms with Crippen LogP contribution in [0.3, 0.4) is 0 Å². The van der Waals surface area contributed by atoms with E-state index in [4.69, 9.17) is 32.9 Å². The Morgan fingerprint density at radius 3 is 2.65 bits per heavy atom. The van der Waals surface area contributed by atoms with E-state index in [-0.39, 0.29) is 5.28 Å². The third kappa shape index (κ3) is 4.26. The van der Waals surface area contributed by atoms with Crippen LogP contribution in [0.25, 0.3) is 22.3 Å². The summed E-state index contributed by atoms with van der Waals surface area (Å²) in [5.41, 5.74) is 3.23. The monoisotopic (exact) mass is 408 g/mol. The van der Waals surface area contributed by atoms with Gasteiger partial charge in [-0.2, -0.15) is 0 Å². The van der Waals surface area contributed by atoms with Crippen molar-refractivity contribution in [1.82, 2.24) is 19.5 Å². The van der Waals surface area contributed by atoms with Crippen LogP contribution in [-0.2, 0) is 11.5 Å². The Morgan fingerprint density at radius 2 is 1.92 bits per heavy atom. The summed E-state index contributed by atoms with van der Waals surface area (Å²) in [7, 11) is -1.10. The average molecular weight is 409 g/mol. The molecule has 0 aliphatic rings. The molecule has 3 rings (SSSR count). The zero-order valence-electron chi connectivity index (χ0n) is 15.4. The van der Waals surface area contributed by atoms with Crippen molar-refractivity contribution in [2.75, 3.05) is 6.61 Å². The molecule has 0 aliphatic heterocycles. The normalized spacial score (nSPS) is 12.1. The van der Waals surface area contributed by atoms with Crippen molar-refractivity contribution in [2.45, 2.75) is 39.3 Å². The molecule has 0 amide bonds. The minimum absolute atomic E-state index is 0.159. The van der Waals surface area contributed by atoms with Crippen LogP contribution in [0.5, 0.6) is 0 Å². The summed E-state index contributed by atoms with van der Waals surface area (Å²) in [5, 5.41) is 0.604. The number of para-hydroxylation sites is 1. The van der Waals surface area contributed by atoms with Crippen molar-refractivity contribution in [1.29, 1.82) is 0 Å². The van der Waals surface area contributed by atoms with Gasteiger partial charge >= 0.3 is 0 Å². The number of hydrogen-bond donors (Lipinski definition) is 0. The first-order valence-corrected chi connectivity index (χ1v) is 12.9. The van der Waals surface area contributed by atoms with Crippen LogP contribution in [-0.4, -0.2) is 34.2 Å². The van der Waals surface area contributed by atoms with Crippen molar-refractivity contribution in [2.24, 2.45) is 0 Å². The van der Waals surface area contributed by atoms with Gasteiger partial charge in [-0.05, 0) is 30.6 Å². The fourth-order valence-electron chi connectivity index (χ4n) is 2.69. The molecule has 0 saturated carbocycles. The number of aromatic nitrogens is 4. The number of aryl methyl sites for hydroxylation is 1. The molecule has 2 heterocycles. The smallest absolute Gasteiger partial charge is 0.222 e. The molecule has 0 aliphatic carbocycles. The van der Waals surface area contributed by atoms with E-state index in [1.807, 2.05) is 25.1 Å². The van der Waals surface area contributed by atoms with E-state index in [2.05, 4.69) is 34.2 Å². The first-order valence-electron chi connectivity index (χ1n) is 8.48. The third-order valence-corrected chi connectivity index (χ3v) is 6.32. The van der Waals surface area contributed by atoms with Crippen LogP contribution in [0.15, 0.2) is 24.4 Å². The maximum atomic E-state index is 6.28. The standard InChI is InChI=1S/C18H22Cl2N4OSi/c1-12-22-17-13(16-14(19)10-21-18(20)23-16)6-5-7-15(17)24(12)11-25-8-9-26(2,3)4/h5-7,10H,8-9,11H2,1-4H3. The van der Waals surface area contributed by atoms with Crippen molar-refractivity contribution >= 4 is 42.3 Å². The Balaban J connectivity index is 1.94. The Kier molecular flexibility index (Phi) is 5.67. The van der Waals surface area contributed by atoms with E-state index in [9.17, 15) is 0 Å². The Morgan fingerprint density at radius 1 is 1.15 bits per heavy atom. The van der Waals surface area contributed by atoms with Crippen LogP contribution < -0.4 is 0 Å². The number of hydrogen-bond acceptors (Lipinski definition) is 4. The molecule has 0 unspecified atom stereocenters. The lowest BCUT2D eigenvalue weighted by molar-refractivity contribution is 0.0885. The van der Waals surface area contributed by atoms with Gasteiger partial charge in [0.2, 0.25) is 5.28 Å². The molecule has 0 spiro atoms. The molecule has 0 radical (unpaired) electrons. The molecular weight excluding hydrogens is 387 g/mol. The zero-order chi connectivity index (χ0) is 18.9. The van der Waals surface area contributed by atoms with Crippen molar-refractivity contribution in [3.05, 3.63) is 40.5 Å². The van der Waals surface area contributed by atoms with Gasteiger partial charge in [-0.25, -0.2) is 15.0 Å². The van der Waals surface area contributed by atoms with E-state index in [1.165, 1.54) is 6.20 Å². The van der Waals surface area contributed by atoms with Crippen LogP contribution >= 0.6 is 23.2 Å². The quantitative estimate of drug-likeness (QED) is 0.310. The second-order valence-corrected chi connectivity index (χ2v) is 13.8. The second kappa shape index (κ2) is 7.64. The van der Waals surface area contributed by atoms with Gasteiger partial charge in [0.05, 0.1) is 27.9 Å². The lowest BCUT2D eigenvalue weighted by Crippen LogP contribution is -2.22. The van der Waals surface area contributed by atoms with E-state index in [1.54, 1.807) is 0 Å². The lowest BCUT2D eigenvalue weighted by atomic mass is 10.1. The van der Waals surface area contributed by atoms with E-state index < -0.39 is 8.07 Å². The second-order valence-electron chi connectivity index (χ2n) is 7.44. The fraction of sp³-hybridized carbons (Fsp3) is 0.389. The van der Waals surface area contributed by atoms with Crippen LogP contribution in [0, 0.1) is 6.92 Å². The molecule has 0 fully saturated rings. The number of imidazole rings is 1. The maximum absolute atomic E-state index is 6.28. The van der Waals surface area contributed by atoms with Crippen molar-refractivity contribution in [3.8, 4) is 11.3 Å². The van der Waals surface area contributed by atoms with E-state index >= 15 is 0 Å². The first-order chi connectivity index (χ1) is 12.3. The van der Waals surface area contributed by atoms with Crippen LogP contribution in [0.1, 0.15) is 5.82 Å². The largest absolute Gasteiger partial charge is 0.361 e. The molecule has 0 saturated heterocycles. The molecule has 26 heavy (non-hydrogen) atoms. The number of benzene rings is 1. The Labute approximate surface area is 164 Å². The number of rotatable bonds is 6. The first kappa shape index (κ1) is 19.3. The molecule has 0 atom stereocenters. The van der Waals surface area contributed by atoms with Gasteiger partial charge in [0, 0.05) is 20.2 Å². The highest BCUT2D eigenvalue weighted by atomic mass is 35.5. The van der Waals surface area contributed by atoms with Crippen LogP contribution in [0.4, 0.5) is 0 Å². The summed E-state index contributed by atoms with van der Waals surface area (Å²) in [5.74, 6) is 0.886. The topological polar surface area (TPSA) is 52.8 Å². The predicted octanol–water partition coefficient (Wildman–Crippen LogP) is 5.42. The fourth-order valence-corrected chi connectivity index (χ4v) is 3.77. The summed E-state index contributed by atoms with van der Waals surface area (Å²) < 4.78 is 7.99. The Hall–Kier alpha value is -1.47. The third-order valence-electron chi connectivity index (χ3n) is 4.16. The summed E-state index contributed by atoms with van der Waals surface area (Å²) in [6.45, 7) is 10.3. The highest BCUT2D eigenvalue weighted by molar-refractivity contribution is 6.76. The molecule has 138 valence electrons. The molecule has 2 aromatic heterocycles. The van der Waals surface area contributed by atoms with Gasteiger partial charge in [-0.3, -0.25) is 0 Å². The van der Waals surface area contributed by atoms with Gasteiger partial charge < -0.3 is 9.30 Å². The Bertz CT molecular complexity index is 937. The SMILES string of the molecule is Cc1nc2c(-c3nc(Cl)ncc3Cl)cccc2n1COCC[Si](C)(C)C. The molecule has 1 aromatic carbocycles. The minimum Gasteiger partial charge on any atom is -0.361 e. The molecule has 5 nitrogen and oxygen atoms in total. The molecular formula is C18H22Cl2N4OSi. The number of ether oxygens (including phenoxy) is 1. The number of fused-ring (bicyclic) bond motifs is 1. The van der Waals surface area contributed by atoms with Gasteiger partial charge in [0.25, 0.3) is 0 Å². The maximum Gasteiger partial charge on any atom is 0.222 e. The van der Waals surface area contributed by atoms with E-state index in [0.717, 1.165) is 35.1 Å². The summed E-state index contributed by atoms with van der Waals surface area (Å²) >= 11 is 12.2. The van der Waals surface area contributed by atoms with Crippen molar-refractivity contribution < 1.29 is 4.74 Å². The molecule has 0 N–H and O–H groups in total. The van der Waals surface area contributed by atoms with Gasteiger partial charge in [-0.1, -0.05) is 43.4 Å². The number of halogens is 2. The molecule has 0 bridgehead atoms. The lowest BCUT2D eigenvalue weighted by Gasteiger charge is -2.16. The summed E-state index contributed by atoms with van der Waals surface area (Å²) in [6.07, 6.45) is 1.51. The van der Waals surface area contributed by atoms with Crippen molar-refractivity contribution in [3.63, 3.8) is 0 Å². The van der Waals surface area contributed by atoms with Gasteiger partial charge in [-0.15, -0.1) is 0 Å².